The molecule has 1 fully saturated rings. The number of carboxylic acid groups (broad SMARTS) is 1. The van der Waals surface area contributed by atoms with Gasteiger partial charge in [-0.25, -0.2) is 4.79 Å². The van der Waals surface area contributed by atoms with Crippen molar-refractivity contribution < 1.29 is 19.4 Å². The lowest BCUT2D eigenvalue weighted by Gasteiger charge is -2.33. The van der Waals surface area contributed by atoms with Crippen LogP contribution in [0, 0.1) is 0 Å². The molecule has 2 N–H and O–H groups in total. The van der Waals surface area contributed by atoms with Crippen LogP contribution in [0.4, 0.5) is 0 Å². The molecule has 1 aliphatic rings. The van der Waals surface area contributed by atoms with Gasteiger partial charge in [0.05, 0.1) is 5.75 Å². The van der Waals surface area contributed by atoms with Gasteiger partial charge in [-0.3, -0.25) is 4.79 Å². The first-order valence-electron chi connectivity index (χ1n) is 6.52. The van der Waals surface area contributed by atoms with E-state index in [9.17, 15) is 14.7 Å². The van der Waals surface area contributed by atoms with Gasteiger partial charge in [0, 0.05) is 36.0 Å². The van der Waals surface area contributed by atoms with E-state index in [-0.39, 0.29) is 11.7 Å². The lowest BCUT2D eigenvalue weighted by atomic mass is 9.90. The van der Waals surface area contributed by atoms with Crippen molar-refractivity contribution in [3.8, 4) is 0 Å². The zero-order valence-corrected chi connectivity index (χ0v) is 12.9. The minimum Gasteiger partial charge on any atom is -0.480 e. The molecule has 0 spiro atoms. The van der Waals surface area contributed by atoms with Crippen molar-refractivity contribution >= 4 is 35.2 Å². The minimum absolute atomic E-state index is 0.164. The largest absolute Gasteiger partial charge is 0.480 e. The number of ether oxygens (including phenoxy) is 1. The Bertz CT molecular complexity index is 514. The summed E-state index contributed by atoms with van der Waals surface area (Å²) in [5, 5.41) is 12.6. The third-order valence-corrected chi connectivity index (χ3v) is 4.58. The quantitative estimate of drug-likeness (QED) is 0.810. The summed E-state index contributed by atoms with van der Waals surface area (Å²) in [6, 6.07) is 7.14. The topological polar surface area (TPSA) is 75.6 Å². The Morgan fingerprint density at radius 3 is 2.48 bits per heavy atom. The zero-order valence-electron chi connectivity index (χ0n) is 11.3. The molecule has 0 aromatic heterocycles. The highest BCUT2D eigenvalue weighted by Crippen LogP contribution is 2.23. The van der Waals surface area contributed by atoms with Crippen molar-refractivity contribution in [2.45, 2.75) is 23.3 Å². The summed E-state index contributed by atoms with van der Waals surface area (Å²) < 4.78 is 5.16. The van der Waals surface area contributed by atoms with Crippen molar-refractivity contribution in [3.05, 3.63) is 29.3 Å². The number of aliphatic carboxylic acids is 1. The molecule has 1 heterocycles. The second-order valence-electron chi connectivity index (χ2n) is 4.79. The van der Waals surface area contributed by atoms with Crippen LogP contribution in [0.15, 0.2) is 29.2 Å². The number of benzene rings is 1. The van der Waals surface area contributed by atoms with Crippen LogP contribution in [0.3, 0.4) is 0 Å². The molecule has 2 rings (SSSR count). The maximum atomic E-state index is 12.0. The van der Waals surface area contributed by atoms with E-state index < -0.39 is 11.5 Å². The molecule has 1 amide bonds. The molecular weight excluding hydrogens is 314 g/mol. The van der Waals surface area contributed by atoms with Crippen molar-refractivity contribution in [2.24, 2.45) is 0 Å². The predicted octanol–water partition coefficient (Wildman–Crippen LogP) is 2.18. The Kier molecular flexibility index (Phi) is 5.50. The Morgan fingerprint density at radius 2 is 1.90 bits per heavy atom. The highest BCUT2D eigenvalue weighted by atomic mass is 35.5. The monoisotopic (exact) mass is 329 g/mol. The van der Waals surface area contributed by atoms with Gasteiger partial charge >= 0.3 is 5.97 Å². The van der Waals surface area contributed by atoms with Gasteiger partial charge in [0.25, 0.3) is 0 Å². The number of hydrogen-bond acceptors (Lipinski definition) is 4. The van der Waals surface area contributed by atoms with Crippen LogP contribution >= 0.6 is 23.4 Å². The molecule has 1 aliphatic heterocycles. The summed E-state index contributed by atoms with van der Waals surface area (Å²) in [7, 11) is 0. The van der Waals surface area contributed by atoms with E-state index in [2.05, 4.69) is 5.32 Å². The Morgan fingerprint density at radius 1 is 1.29 bits per heavy atom. The summed E-state index contributed by atoms with van der Waals surface area (Å²) in [5.74, 6) is -1.13. The van der Waals surface area contributed by atoms with E-state index in [4.69, 9.17) is 16.3 Å². The maximum absolute atomic E-state index is 12.0. The lowest BCUT2D eigenvalue weighted by molar-refractivity contribution is -0.151. The molecule has 1 aromatic carbocycles. The minimum atomic E-state index is -1.20. The number of rotatable bonds is 5. The highest BCUT2D eigenvalue weighted by Gasteiger charge is 2.41. The number of carbonyl (C=O) groups excluding carboxylic acids is 1. The van der Waals surface area contributed by atoms with Gasteiger partial charge in [-0.1, -0.05) is 11.6 Å². The third kappa shape index (κ3) is 4.36. The van der Waals surface area contributed by atoms with Crippen LogP contribution in [-0.4, -0.2) is 41.5 Å². The number of carboxylic acids is 1. The zero-order chi connectivity index (χ0) is 15.3. The van der Waals surface area contributed by atoms with E-state index in [0.29, 0.717) is 31.1 Å². The SMILES string of the molecule is O=C(CSc1ccc(Cl)cc1)NC1(C(=O)O)CCOCC1. The Hall–Kier alpha value is -1.24. The summed E-state index contributed by atoms with van der Waals surface area (Å²) in [6.07, 6.45) is 0.583. The molecule has 0 unspecified atom stereocenters. The number of thioether (sulfide) groups is 1. The molecule has 21 heavy (non-hydrogen) atoms. The first-order chi connectivity index (χ1) is 10.0. The van der Waals surface area contributed by atoms with Crippen LogP contribution in [0.2, 0.25) is 5.02 Å². The van der Waals surface area contributed by atoms with Gasteiger partial charge in [-0.2, -0.15) is 0 Å². The molecule has 0 aliphatic carbocycles. The molecule has 0 radical (unpaired) electrons. The molecule has 1 aromatic rings. The van der Waals surface area contributed by atoms with E-state index >= 15 is 0 Å². The van der Waals surface area contributed by atoms with E-state index in [1.165, 1.54) is 11.8 Å². The molecular formula is C14H16ClNO4S. The fourth-order valence-corrected chi connectivity index (χ4v) is 2.92. The van der Waals surface area contributed by atoms with Gasteiger partial charge < -0.3 is 15.2 Å². The van der Waals surface area contributed by atoms with Crippen LogP contribution in [0.5, 0.6) is 0 Å². The van der Waals surface area contributed by atoms with Gasteiger partial charge in [0.15, 0.2) is 0 Å². The lowest BCUT2D eigenvalue weighted by Crippen LogP contribution is -2.57. The fourth-order valence-electron chi connectivity index (χ4n) is 2.09. The maximum Gasteiger partial charge on any atom is 0.329 e. The van der Waals surface area contributed by atoms with Crippen molar-refractivity contribution in [1.29, 1.82) is 0 Å². The second-order valence-corrected chi connectivity index (χ2v) is 6.28. The Balaban J connectivity index is 1.90. The van der Waals surface area contributed by atoms with Crippen LogP contribution in [-0.2, 0) is 14.3 Å². The number of amides is 1. The highest BCUT2D eigenvalue weighted by molar-refractivity contribution is 8.00. The predicted molar refractivity (Wildman–Crippen MR) is 80.7 cm³/mol. The molecule has 114 valence electrons. The molecule has 1 saturated heterocycles. The average molecular weight is 330 g/mol. The van der Waals surface area contributed by atoms with Crippen molar-refractivity contribution in [1.82, 2.24) is 5.32 Å². The second kappa shape index (κ2) is 7.15. The van der Waals surface area contributed by atoms with Crippen LogP contribution in [0.25, 0.3) is 0 Å². The number of halogens is 1. The summed E-state index contributed by atoms with van der Waals surface area (Å²) in [6.45, 7) is 0.688. The number of hydrogen-bond donors (Lipinski definition) is 2. The van der Waals surface area contributed by atoms with Gasteiger partial charge in [0.1, 0.15) is 5.54 Å². The summed E-state index contributed by atoms with van der Waals surface area (Å²) in [4.78, 5) is 24.3. The third-order valence-electron chi connectivity index (χ3n) is 3.32. The Labute approximate surface area is 132 Å². The summed E-state index contributed by atoms with van der Waals surface area (Å²) >= 11 is 7.13. The molecule has 0 atom stereocenters. The van der Waals surface area contributed by atoms with Crippen molar-refractivity contribution in [2.75, 3.05) is 19.0 Å². The van der Waals surface area contributed by atoms with E-state index in [1.54, 1.807) is 12.1 Å². The molecule has 0 bridgehead atoms. The molecule has 0 saturated carbocycles. The molecule has 7 heteroatoms. The van der Waals surface area contributed by atoms with Crippen LogP contribution < -0.4 is 5.32 Å². The fraction of sp³-hybridized carbons (Fsp3) is 0.429. The first kappa shape index (κ1) is 16.1. The molecule has 5 nitrogen and oxygen atoms in total. The van der Waals surface area contributed by atoms with Gasteiger partial charge in [-0.15, -0.1) is 11.8 Å². The normalized spacial score (nSPS) is 17.2. The van der Waals surface area contributed by atoms with Crippen LogP contribution in [0.1, 0.15) is 12.8 Å². The van der Waals surface area contributed by atoms with E-state index in [1.807, 2.05) is 12.1 Å². The van der Waals surface area contributed by atoms with E-state index in [0.717, 1.165) is 4.90 Å². The first-order valence-corrected chi connectivity index (χ1v) is 7.89. The number of carbonyl (C=O) groups is 2. The van der Waals surface area contributed by atoms with Gasteiger partial charge in [-0.05, 0) is 24.3 Å². The standard InChI is InChI=1S/C14H16ClNO4S/c15-10-1-3-11(4-2-10)21-9-12(17)16-14(13(18)19)5-7-20-8-6-14/h1-4H,5-9H2,(H,16,17)(H,18,19). The number of nitrogens with one attached hydrogen (secondary N) is 1. The average Bonchev–Trinajstić information content (AvgIpc) is 2.47. The smallest absolute Gasteiger partial charge is 0.329 e. The summed E-state index contributed by atoms with van der Waals surface area (Å²) in [5.41, 5.74) is -1.20. The van der Waals surface area contributed by atoms with Crippen molar-refractivity contribution in [3.63, 3.8) is 0 Å². The van der Waals surface area contributed by atoms with Gasteiger partial charge in [0.2, 0.25) is 5.91 Å².